The molecule has 1 aromatic heterocycles. The lowest BCUT2D eigenvalue weighted by molar-refractivity contribution is 0.0473. The quantitative estimate of drug-likeness (QED) is 0.594. The first-order chi connectivity index (χ1) is 9.01. The minimum Gasteiger partial charge on any atom is -0.462 e. The van der Waals surface area contributed by atoms with Crippen LogP contribution in [0.3, 0.4) is 0 Å². The molecule has 0 amide bonds. The van der Waals surface area contributed by atoms with Crippen molar-refractivity contribution in [3.63, 3.8) is 0 Å². The van der Waals surface area contributed by atoms with Gasteiger partial charge in [-0.2, -0.15) is 0 Å². The van der Waals surface area contributed by atoms with Crippen molar-refractivity contribution in [1.82, 2.24) is 4.98 Å². The first-order valence-corrected chi connectivity index (χ1v) is 5.86. The van der Waals surface area contributed by atoms with E-state index in [1.54, 1.807) is 13.8 Å². The summed E-state index contributed by atoms with van der Waals surface area (Å²) in [6.45, 7) is 4.95. The van der Waals surface area contributed by atoms with Gasteiger partial charge in [0.1, 0.15) is 0 Å². The molecule has 0 spiro atoms. The summed E-state index contributed by atoms with van der Waals surface area (Å²) in [6, 6.07) is 1.29. The van der Waals surface area contributed by atoms with Crippen LogP contribution in [0.5, 0.6) is 0 Å². The standard InChI is InChI=1S/C13H15NO5/c1-4-18-12(16)10-6-9(8(3)15)7-14-11(10)13(17)19-5-2/h6-7H,4-5H2,1-3H3. The zero-order chi connectivity index (χ0) is 14.4. The highest BCUT2D eigenvalue weighted by molar-refractivity contribution is 6.04. The number of esters is 2. The molecule has 6 heteroatoms. The summed E-state index contributed by atoms with van der Waals surface area (Å²) in [5.41, 5.74) is 0.0226. The topological polar surface area (TPSA) is 82.6 Å². The van der Waals surface area contributed by atoms with Crippen molar-refractivity contribution in [2.75, 3.05) is 13.2 Å². The maximum Gasteiger partial charge on any atom is 0.357 e. The largest absolute Gasteiger partial charge is 0.462 e. The Kier molecular flexibility index (Phi) is 5.17. The summed E-state index contributed by atoms with van der Waals surface area (Å²) in [6.07, 6.45) is 1.23. The summed E-state index contributed by atoms with van der Waals surface area (Å²) in [5, 5.41) is 0. The molecule has 102 valence electrons. The molecule has 1 rings (SSSR count). The molecule has 0 unspecified atom stereocenters. The smallest absolute Gasteiger partial charge is 0.357 e. The van der Waals surface area contributed by atoms with Gasteiger partial charge < -0.3 is 9.47 Å². The number of carbonyl (C=O) groups excluding carboxylic acids is 3. The van der Waals surface area contributed by atoms with Gasteiger partial charge in [0, 0.05) is 11.8 Å². The normalized spacial score (nSPS) is 9.84. The van der Waals surface area contributed by atoms with E-state index in [4.69, 9.17) is 9.47 Å². The van der Waals surface area contributed by atoms with Crippen LogP contribution in [0.1, 0.15) is 52.0 Å². The molecule has 0 aliphatic rings. The molecule has 6 nitrogen and oxygen atoms in total. The molecule has 0 saturated carbocycles. The number of pyridine rings is 1. The molecular weight excluding hydrogens is 250 g/mol. The average Bonchev–Trinajstić information content (AvgIpc) is 2.38. The van der Waals surface area contributed by atoms with E-state index >= 15 is 0 Å². The second-order valence-electron chi connectivity index (χ2n) is 3.62. The zero-order valence-electron chi connectivity index (χ0n) is 11.1. The van der Waals surface area contributed by atoms with E-state index in [1.165, 1.54) is 19.2 Å². The van der Waals surface area contributed by atoms with Crippen molar-refractivity contribution in [2.45, 2.75) is 20.8 Å². The van der Waals surface area contributed by atoms with Gasteiger partial charge in [-0.25, -0.2) is 14.6 Å². The van der Waals surface area contributed by atoms with Gasteiger partial charge in [-0.1, -0.05) is 0 Å². The average molecular weight is 265 g/mol. The maximum atomic E-state index is 11.8. The van der Waals surface area contributed by atoms with Crippen molar-refractivity contribution >= 4 is 17.7 Å². The molecule has 0 atom stereocenters. The fourth-order valence-electron chi connectivity index (χ4n) is 1.38. The van der Waals surface area contributed by atoms with E-state index in [0.717, 1.165) is 0 Å². The number of ketones is 1. The van der Waals surface area contributed by atoms with Crippen molar-refractivity contribution in [1.29, 1.82) is 0 Å². The van der Waals surface area contributed by atoms with Gasteiger partial charge in [-0.15, -0.1) is 0 Å². The number of aromatic nitrogens is 1. The Bertz CT molecular complexity index is 510. The number of Topliss-reactive ketones (excluding diaryl/α,β-unsaturated/α-hetero) is 1. The van der Waals surface area contributed by atoms with E-state index in [0.29, 0.717) is 0 Å². The van der Waals surface area contributed by atoms with E-state index in [-0.39, 0.29) is 35.8 Å². The number of ether oxygens (including phenoxy) is 2. The minimum atomic E-state index is -0.722. The highest BCUT2D eigenvalue weighted by Gasteiger charge is 2.22. The lowest BCUT2D eigenvalue weighted by Gasteiger charge is -2.08. The van der Waals surface area contributed by atoms with Crippen LogP contribution in [-0.2, 0) is 9.47 Å². The van der Waals surface area contributed by atoms with Crippen molar-refractivity contribution < 1.29 is 23.9 Å². The predicted octanol–water partition coefficient (Wildman–Crippen LogP) is 1.64. The van der Waals surface area contributed by atoms with Gasteiger partial charge in [0.15, 0.2) is 11.5 Å². The molecule has 0 saturated heterocycles. The SMILES string of the molecule is CCOC(=O)c1cc(C(C)=O)cnc1C(=O)OCC. The van der Waals surface area contributed by atoms with Crippen molar-refractivity contribution in [2.24, 2.45) is 0 Å². The molecule has 1 heterocycles. The van der Waals surface area contributed by atoms with E-state index in [2.05, 4.69) is 4.98 Å². The lowest BCUT2D eigenvalue weighted by Crippen LogP contribution is -2.17. The molecule has 0 radical (unpaired) electrons. The molecule has 0 fully saturated rings. The van der Waals surface area contributed by atoms with Crippen LogP contribution in [0.4, 0.5) is 0 Å². The number of rotatable bonds is 5. The lowest BCUT2D eigenvalue weighted by atomic mass is 10.1. The summed E-state index contributed by atoms with van der Waals surface area (Å²) in [4.78, 5) is 38.5. The predicted molar refractivity (Wildman–Crippen MR) is 66.2 cm³/mol. The van der Waals surface area contributed by atoms with E-state index in [9.17, 15) is 14.4 Å². The van der Waals surface area contributed by atoms with E-state index < -0.39 is 11.9 Å². The second-order valence-corrected chi connectivity index (χ2v) is 3.62. The van der Waals surface area contributed by atoms with Gasteiger partial charge in [0.2, 0.25) is 0 Å². The first-order valence-electron chi connectivity index (χ1n) is 5.86. The van der Waals surface area contributed by atoms with Crippen LogP contribution in [0.15, 0.2) is 12.3 Å². The van der Waals surface area contributed by atoms with Crippen LogP contribution >= 0.6 is 0 Å². The monoisotopic (exact) mass is 265 g/mol. The zero-order valence-corrected chi connectivity index (χ0v) is 11.1. The Balaban J connectivity index is 3.26. The van der Waals surface area contributed by atoms with Crippen LogP contribution in [0.25, 0.3) is 0 Å². The van der Waals surface area contributed by atoms with Gasteiger partial charge in [0.25, 0.3) is 0 Å². The molecule has 19 heavy (non-hydrogen) atoms. The first kappa shape index (κ1) is 14.8. The van der Waals surface area contributed by atoms with Crippen molar-refractivity contribution in [3.8, 4) is 0 Å². The molecule has 0 N–H and O–H groups in total. The highest BCUT2D eigenvalue weighted by Crippen LogP contribution is 2.13. The molecule has 1 aromatic rings. The van der Waals surface area contributed by atoms with Gasteiger partial charge in [-0.3, -0.25) is 4.79 Å². The third kappa shape index (κ3) is 3.61. The summed E-state index contributed by atoms with van der Waals surface area (Å²) >= 11 is 0. The van der Waals surface area contributed by atoms with Crippen LogP contribution in [0, 0.1) is 0 Å². The third-order valence-electron chi connectivity index (χ3n) is 2.26. The minimum absolute atomic E-state index is 0.0620. The fourth-order valence-corrected chi connectivity index (χ4v) is 1.38. The van der Waals surface area contributed by atoms with Gasteiger partial charge in [0.05, 0.1) is 18.8 Å². The summed E-state index contributed by atoms with van der Waals surface area (Å²) in [5.74, 6) is -1.68. The third-order valence-corrected chi connectivity index (χ3v) is 2.26. The molecule has 0 aliphatic heterocycles. The Labute approximate surface area is 110 Å². The number of hydrogen-bond acceptors (Lipinski definition) is 6. The van der Waals surface area contributed by atoms with Crippen LogP contribution in [0.2, 0.25) is 0 Å². The highest BCUT2D eigenvalue weighted by atomic mass is 16.5. The Morgan fingerprint density at radius 2 is 1.68 bits per heavy atom. The summed E-state index contributed by atoms with van der Waals surface area (Å²) in [7, 11) is 0. The summed E-state index contributed by atoms with van der Waals surface area (Å²) < 4.78 is 9.64. The number of carbonyl (C=O) groups is 3. The molecule has 0 aliphatic carbocycles. The molecule has 0 aromatic carbocycles. The molecule has 0 bridgehead atoms. The van der Waals surface area contributed by atoms with Crippen molar-refractivity contribution in [3.05, 3.63) is 29.1 Å². The maximum absolute atomic E-state index is 11.8. The fraction of sp³-hybridized carbons (Fsp3) is 0.385. The van der Waals surface area contributed by atoms with E-state index in [1.807, 2.05) is 0 Å². The van der Waals surface area contributed by atoms with Gasteiger partial charge in [-0.05, 0) is 26.8 Å². The Hall–Kier alpha value is -2.24. The van der Waals surface area contributed by atoms with Gasteiger partial charge >= 0.3 is 11.9 Å². The molecular formula is C13H15NO5. The van der Waals surface area contributed by atoms with Crippen LogP contribution < -0.4 is 0 Å². The Morgan fingerprint density at radius 3 is 2.21 bits per heavy atom. The number of nitrogens with zero attached hydrogens (tertiary/aromatic N) is 1. The Morgan fingerprint density at radius 1 is 1.11 bits per heavy atom. The van der Waals surface area contributed by atoms with Crippen LogP contribution in [-0.4, -0.2) is 35.9 Å². The number of hydrogen-bond donors (Lipinski definition) is 0. The second kappa shape index (κ2) is 6.63.